The molecule has 0 spiro atoms. The maximum atomic E-state index is 12.0. The molecule has 7 heteroatoms. The molecule has 2 aromatic rings. The summed E-state index contributed by atoms with van der Waals surface area (Å²) in [5.74, 6) is -1.29. The lowest BCUT2D eigenvalue weighted by molar-refractivity contribution is -0.133. The predicted octanol–water partition coefficient (Wildman–Crippen LogP) is 3.16. The Labute approximate surface area is 130 Å². The number of carboxylic acids is 1. The van der Waals surface area contributed by atoms with Gasteiger partial charge in [-0.15, -0.1) is 0 Å². The Morgan fingerprint density at radius 3 is 2.62 bits per heavy atom. The van der Waals surface area contributed by atoms with E-state index in [1.54, 1.807) is 36.4 Å². The average Bonchev–Trinajstić information content (AvgIpc) is 2.47. The minimum Gasteiger partial charge on any atom is -0.481 e. The van der Waals surface area contributed by atoms with E-state index in [4.69, 9.17) is 16.7 Å². The van der Waals surface area contributed by atoms with E-state index in [-0.39, 0.29) is 11.7 Å². The van der Waals surface area contributed by atoms with Crippen LogP contribution in [-0.4, -0.2) is 27.7 Å². The number of carbonyl (C=O) groups excluding carboxylic acids is 1. The Kier molecular flexibility index (Phi) is 5.19. The van der Waals surface area contributed by atoms with Crippen LogP contribution in [0.4, 0.5) is 5.69 Å². The number of carbonyl (C=O) groups is 2. The number of nitrogens with one attached hydrogen (secondary N) is 1. The number of rotatable bonds is 5. The third-order valence-electron chi connectivity index (χ3n) is 2.46. The molecule has 0 atom stereocenters. The van der Waals surface area contributed by atoms with Crippen molar-refractivity contribution in [1.29, 1.82) is 0 Å². The van der Waals surface area contributed by atoms with E-state index in [1.807, 2.05) is 0 Å². The van der Waals surface area contributed by atoms with Gasteiger partial charge in [0.2, 0.25) is 0 Å². The highest BCUT2D eigenvalue weighted by atomic mass is 35.5. The summed E-state index contributed by atoms with van der Waals surface area (Å²) in [5, 5.41) is 12.2. The van der Waals surface area contributed by atoms with Gasteiger partial charge in [0.05, 0.1) is 33.2 Å². The fraction of sp³-hybridized carbons (Fsp3) is 0.0714. The van der Waals surface area contributed by atoms with Crippen molar-refractivity contribution in [2.75, 3.05) is 11.1 Å². The van der Waals surface area contributed by atoms with Gasteiger partial charge in [-0.05, 0) is 24.3 Å². The first kappa shape index (κ1) is 15.3. The van der Waals surface area contributed by atoms with Crippen molar-refractivity contribution in [2.24, 2.45) is 0 Å². The molecule has 5 nitrogen and oxygen atoms in total. The molecule has 0 aliphatic carbocycles. The van der Waals surface area contributed by atoms with Crippen molar-refractivity contribution in [1.82, 2.24) is 4.98 Å². The number of anilines is 1. The smallest absolute Gasteiger partial charge is 0.313 e. The first-order valence-electron chi connectivity index (χ1n) is 5.93. The summed E-state index contributed by atoms with van der Waals surface area (Å²) in [5.41, 5.74) is 0.892. The monoisotopic (exact) mass is 322 g/mol. The predicted molar refractivity (Wildman–Crippen MR) is 82.0 cm³/mol. The van der Waals surface area contributed by atoms with Gasteiger partial charge < -0.3 is 10.4 Å². The normalized spacial score (nSPS) is 10.1. The number of thioether (sulfide) groups is 1. The molecule has 108 valence electrons. The molecule has 0 aliphatic heterocycles. The van der Waals surface area contributed by atoms with Gasteiger partial charge in [-0.1, -0.05) is 35.5 Å². The summed E-state index contributed by atoms with van der Waals surface area (Å²) in [6.45, 7) is 0. The largest absolute Gasteiger partial charge is 0.481 e. The molecular formula is C14H11ClN2O3S. The Hall–Kier alpha value is -2.05. The number of carboxylic acid groups (broad SMARTS) is 1. The minimum atomic E-state index is -0.905. The van der Waals surface area contributed by atoms with Crippen molar-refractivity contribution in [3.8, 4) is 0 Å². The Morgan fingerprint density at radius 1 is 1.24 bits per heavy atom. The minimum absolute atomic E-state index is 0.0572. The van der Waals surface area contributed by atoms with Crippen LogP contribution >= 0.6 is 23.4 Å². The van der Waals surface area contributed by atoms with E-state index < -0.39 is 5.97 Å². The highest BCUT2D eigenvalue weighted by Gasteiger charge is 2.10. The van der Waals surface area contributed by atoms with Crippen molar-refractivity contribution in [3.63, 3.8) is 0 Å². The molecule has 1 aromatic heterocycles. The molecular weight excluding hydrogens is 312 g/mol. The fourth-order valence-corrected chi connectivity index (χ4v) is 2.30. The molecule has 0 fully saturated rings. The number of hydrogen-bond acceptors (Lipinski definition) is 4. The van der Waals surface area contributed by atoms with Crippen LogP contribution in [0.3, 0.4) is 0 Å². The SMILES string of the molecule is O=C(O)CSc1ccc(NC(=O)c2ccccc2Cl)cn1. The van der Waals surface area contributed by atoms with Crippen LogP contribution in [0.2, 0.25) is 5.02 Å². The van der Waals surface area contributed by atoms with Crippen molar-refractivity contribution in [2.45, 2.75) is 5.03 Å². The van der Waals surface area contributed by atoms with Gasteiger partial charge in [0.1, 0.15) is 0 Å². The number of nitrogens with zero attached hydrogens (tertiary/aromatic N) is 1. The van der Waals surface area contributed by atoms with Gasteiger partial charge in [-0.25, -0.2) is 4.98 Å². The topological polar surface area (TPSA) is 79.3 Å². The van der Waals surface area contributed by atoms with Crippen molar-refractivity contribution < 1.29 is 14.7 Å². The summed E-state index contributed by atoms with van der Waals surface area (Å²) in [6, 6.07) is 10.0. The van der Waals surface area contributed by atoms with Crippen molar-refractivity contribution in [3.05, 3.63) is 53.2 Å². The Morgan fingerprint density at radius 2 is 2.00 bits per heavy atom. The summed E-state index contributed by atoms with van der Waals surface area (Å²) in [7, 11) is 0. The van der Waals surface area contributed by atoms with E-state index in [2.05, 4.69) is 10.3 Å². The number of aromatic nitrogens is 1. The molecule has 0 unspecified atom stereocenters. The molecule has 0 radical (unpaired) electrons. The number of amides is 1. The highest BCUT2D eigenvalue weighted by molar-refractivity contribution is 7.99. The Bertz CT molecular complexity index is 662. The van der Waals surface area contributed by atoms with Gasteiger partial charge in [0.25, 0.3) is 5.91 Å². The van der Waals surface area contributed by atoms with E-state index in [1.165, 1.54) is 6.20 Å². The second kappa shape index (κ2) is 7.10. The van der Waals surface area contributed by atoms with E-state index in [0.29, 0.717) is 21.3 Å². The molecule has 0 saturated heterocycles. The van der Waals surface area contributed by atoms with Crippen LogP contribution in [0.25, 0.3) is 0 Å². The highest BCUT2D eigenvalue weighted by Crippen LogP contribution is 2.19. The lowest BCUT2D eigenvalue weighted by atomic mass is 10.2. The average molecular weight is 323 g/mol. The molecule has 0 aliphatic rings. The van der Waals surface area contributed by atoms with Crippen LogP contribution in [-0.2, 0) is 4.79 Å². The van der Waals surface area contributed by atoms with Gasteiger partial charge in [0.15, 0.2) is 0 Å². The van der Waals surface area contributed by atoms with Gasteiger partial charge in [-0.2, -0.15) is 0 Å². The fourth-order valence-electron chi connectivity index (χ4n) is 1.52. The maximum Gasteiger partial charge on any atom is 0.313 e. The first-order valence-corrected chi connectivity index (χ1v) is 7.29. The van der Waals surface area contributed by atoms with E-state index in [0.717, 1.165) is 11.8 Å². The summed E-state index contributed by atoms with van der Waals surface area (Å²) < 4.78 is 0. The molecule has 1 aromatic carbocycles. The molecule has 1 heterocycles. The van der Waals surface area contributed by atoms with Crippen LogP contribution in [0.15, 0.2) is 47.6 Å². The van der Waals surface area contributed by atoms with Crippen LogP contribution < -0.4 is 5.32 Å². The maximum absolute atomic E-state index is 12.0. The molecule has 2 N–H and O–H groups in total. The van der Waals surface area contributed by atoms with Gasteiger partial charge in [0, 0.05) is 0 Å². The summed E-state index contributed by atoms with van der Waals surface area (Å²) in [4.78, 5) is 26.6. The zero-order chi connectivity index (χ0) is 15.2. The third-order valence-corrected chi connectivity index (χ3v) is 3.71. The van der Waals surface area contributed by atoms with Crippen LogP contribution in [0.5, 0.6) is 0 Å². The second-order valence-corrected chi connectivity index (χ2v) is 5.40. The quantitative estimate of drug-likeness (QED) is 0.827. The summed E-state index contributed by atoms with van der Waals surface area (Å²) in [6.07, 6.45) is 1.47. The molecule has 0 saturated carbocycles. The van der Waals surface area contributed by atoms with Gasteiger partial charge in [-0.3, -0.25) is 9.59 Å². The van der Waals surface area contributed by atoms with Gasteiger partial charge >= 0.3 is 5.97 Å². The number of benzene rings is 1. The van der Waals surface area contributed by atoms with Crippen LogP contribution in [0.1, 0.15) is 10.4 Å². The second-order valence-electron chi connectivity index (χ2n) is 4.00. The number of pyridine rings is 1. The first-order chi connectivity index (χ1) is 10.1. The number of aliphatic carboxylic acids is 1. The van der Waals surface area contributed by atoms with E-state index in [9.17, 15) is 9.59 Å². The lowest BCUT2D eigenvalue weighted by Crippen LogP contribution is -2.12. The standard InChI is InChI=1S/C14H11ClN2O3S/c15-11-4-2-1-3-10(11)14(20)17-9-5-6-12(16-7-9)21-8-13(18)19/h1-7H,8H2,(H,17,20)(H,18,19). The lowest BCUT2D eigenvalue weighted by Gasteiger charge is -2.06. The van der Waals surface area contributed by atoms with Crippen molar-refractivity contribution >= 4 is 40.9 Å². The molecule has 1 amide bonds. The number of hydrogen-bond donors (Lipinski definition) is 2. The zero-order valence-electron chi connectivity index (χ0n) is 10.7. The third kappa shape index (κ3) is 4.47. The zero-order valence-corrected chi connectivity index (χ0v) is 12.3. The summed E-state index contributed by atoms with van der Waals surface area (Å²) >= 11 is 7.06. The van der Waals surface area contributed by atoms with E-state index >= 15 is 0 Å². The number of halogens is 1. The molecule has 21 heavy (non-hydrogen) atoms. The molecule has 0 bridgehead atoms. The van der Waals surface area contributed by atoms with Crippen LogP contribution in [0, 0.1) is 0 Å². The molecule has 2 rings (SSSR count). The Balaban J connectivity index is 2.02.